The van der Waals surface area contributed by atoms with Crippen LogP contribution in [0, 0.1) is 11.6 Å². The largest absolute Gasteiger partial charge is 0.387 e. The van der Waals surface area contributed by atoms with Crippen molar-refractivity contribution in [2.45, 2.75) is 66.1 Å². The first-order valence-corrected chi connectivity index (χ1v) is 50.9. The van der Waals surface area contributed by atoms with Crippen LogP contribution in [0.15, 0.2) is 189 Å². The molecule has 38 nitrogen and oxygen atoms in total. The van der Waals surface area contributed by atoms with E-state index in [9.17, 15) is 32.8 Å². The smallest absolute Gasteiger partial charge is 0.259 e. The molecule has 15 aromatic heterocycles. The lowest BCUT2D eigenvalue weighted by Gasteiger charge is -2.36. The number of anilines is 6. The van der Waals surface area contributed by atoms with E-state index in [0.29, 0.717) is 136 Å². The maximum Gasteiger partial charge on any atom is 0.259 e. The van der Waals surface area contributed by atoms with Crippen molar-refractivity contribution in [3.8, 4) is 0 Å². The number of nitrogens with one attached hydrogen (secondary N) is 10. The minimum atomic E-state index is -0.985. The second-order valence-corrected chi connectivity index (χ2v) is 37.7. The topological polar surface area (TPSA) is 398 Å². The quantitative estimate of drug-likeness (QED) is 0.0254. The van der Waals surface area contributed by atoms with E-state index in [1.807, 2.05) is 180 Å². The molecule has 2 unspecified atom stereocenters. The van der Waals surface area contributed by atoms with Gasteiger partial charge in [0.1, 0.15) is 27.8 Å². The van der Waals surface area contributed by atoms with Crippen LogP contribution in [0.3, 0.4) is 0 Å². The Bertz CT molecular complexity index is 8520. The Morgan fingerprint density at radius 3 is 1.19 bits per heavy atom. The Hall–Kier alpha value is -16.4. The molecule has 774 valence electrons. The first kappa shape index (κ1) is 102. The second kappa shape index (κ2) is 44.7. The summed E-state index contributed by atoms with van der Waals surface area (Å²) in [6.07, 6.45) is 15.0. The zero-order valence-electron chi connectivity index (χ0n) is 86.6. The maximum atomic E-state index is 14.0. The number of halogens is 2. The van der Waals surface area contributed by atoms with Gasteiger partial charge in [-0.05, 0) is 153 Å². The fraction of sp³-hybridized carbons (Fsp3) is 0.327. The zero-order valence-corrected chi connectivity index (χ0v) is 86.6. The standard InChI is InChI=1S/C24H28N8O2.C22H24F2N6O.C22H24N6O.C22H26N6O.C20H22N6O/c1-25-24(33)20-21(26-15-13-34-14-15)16-12-19(31-9-5-8-30(2)10-11-31)28-29-22(16)32-18-7-4-3-6-17(18)27-23(20)32;1-4-29(5-2)9-8-27-22(31)19-20(25-3)13-12-26-7-6-17(13)30-18-11-15(24)14(23)10-16(18)28-21(19)30;1-13-11-27(12-14(2)25-13)22(29)19-20(23-3)15-10-24-9-8-17(15)28-18-7-5-4-6-16(18)26-21(19)28;1-4-27(5-2)13-12-25-22(29)19-20(23-3)15-14-24-11-10-17(15)28-18-9-7-6-8-16(18)26-21(19)28;1-21-18-13-12-22-9-8-15(13)26-16-7-5-4-6-14(16)24-19(26)17(18)20(27)23-10-11-25(2)3/h3-4,6-7,12,15,26H,5,8-11,13-14H2,1-2H3,(H,25,33);6-7,10-12,25H,4-5,8-9H2,1-3H3,(H,27,31);4-10,13-14,23,25H,11-12H2,1-3H3;6-11,14,23H,4-5,12-13H2,1-3H3,(H,25,29);4-9,12,21H,10-11H2,1-3H3,(H,23,27). The highest BCUT2D eigenvalue weighted by Crippen LogP contribution is 2.42. The van der Waals surface area contributed by atoms with Gasteiger partial charge in [-0.25, -0.2) is 33.7 Å². The predicted octanol–water partition coefficient (Wildman–Crippen LogP) is 13.6. The number of nitrogens with zero attached hydrogens (tertiary/aromatic N) is 22. The number of carbonyl (C=O) groups is 5. The normalized spacial score (nSPS) is 14.6. The Kier molecular flexibility index (Phi) is 30.5. The highest BCUT2D eigenvalue weighted by Gasteiger charge is 2.35. The predicted molar refractivity (Wildman–Crippen MR) is 591 cm³/mol. The van der Waals surface area contributed by atoms with Crippen LogP contribution in [0.2, 0.25) is 0 Å². The maximum absolute atomic E-state index is 14.0. The van der Waals surface area contributed by atoms with Crippen molar-refractivity contribution < 1.29 is 37.5 Å². The SMILES string of the molecule is CCN(CC)CCNC(=O)c1c(NC)c2cnccc2n2c1nc1cc(F)c(F)cc12.CCN(CC)CCNC(=O)c1c(NC)c2cnccc2n2c1nc1ccccc12.CNC(=O)c1c(NC2COC2)c2cc(N3CCCN(C)CC3)nnc2n2c1nc1ccccc12.CNc1c(C(=O)N2CC(C)NC(C)C2)c2nc3ccccc3n2c2ccncc12.CNc1c(C(=O)NCCN(C)C)c2nc3ccccc3n2c2ccncc12. The molecule has 0 radical (unpaired) electrons. The van der Waals surface area contributed by atoms with Crippen LogP contribution in [-0.2, 0) is 4.74 Å². The van der Waals surface area contributed by atoms with Gasteiger partial charge in [0.2, 0.25) is 0 Å². The van der Waals surface area contributed by atoms with Crippen molar-refractivity contribution in [3.05, 3.63) is 229 Å². The number of aromatic nitrogens is 16. The Morgan fingerprint density at radius 1 is 0.407 bits per heavy atom. The summed E-state index contributed by atoms with van der Waals surface area (Å²) in [5.74, 6) is -1.92. The van der Waals surface area contributed by atoms with Gasteiger partial charge >= 0.3 is 0 Å². The van der Waals surface area contributed by atoms with Crippen molar-refractivity contribution in [2.75, 3.05) is 206 Å². The van der Waals surface area contributed by atoms with Crippen LogP contribution < -0.4 is 58.1 Å². The van der Waals surface area contributed by atoms with E-state index in [0.717, 1.165) is 195 Å². The average molecular weight is 2030 g/mol. The molecule has 20 aromatic rings. The molecular weight excluding hydrogens is 1900 g/mol. The molecule has 3 fully saturated rings. The summed E-state index contributed by atoms with van der Waals surface area (Å²) in [7, 11) is 15.0. The lowest BCUT2D eigenvalue weighted by Crippen LogP contribution is -2.55. The average Bonchev–Trinajstić information content (AvgIpc) is 1.57. The summed E-state index contributed by atoms with van der Waals surface area (Å²) in [5.41, 5.74) is 21.0. The first-order valence-electron chi connectivity index (χ1n) is 50.9. The number of para-hydroxylation sites is 8. The minimum Gasteiger partial charge on any atom is -0.387 e. The van der Waals surface area contributed by atoms with E-state index >= 15 is 0 Å². The van der Waals surface area contributed by atoms with E-state index in [1.165, 1.54) is 0 Å². The van der Waals surface area contributed by atoms with Crippen molar-refractivity contribution in [3.63, 3.8) is 0 Å². The number of fused-ring (bicyclic) bond motifs is 25. The van der Waals surface area contributed by atoms with Gasteiger partial charge in [0.15, 0.2) is 51.3 Å². The van der Waals surface area contributed by atoms with Crippen molar-refractivity contribution >= 4 is 202 Å². The van der Waals surface area contributed by atoms with Gasteiger partial charge in [-0.2, -0.15) is 0 Å². The first-order chi connectivity index (χ1) is 73.0. The summed E-state index contributed by atoms with van der Waals surface area (Å²) in [6, 6.07) is 44.2. The van der Waals surface area contributed by atoms with Gasteiger partial charge < -0.3 is 87.3 Å². The van der Waals surface area contributed by atoms with Gasteiger partial charge in [-0.1, -0.05) is 76.2 Å². The third kappa shape index (κ3) is 19.7. The van der Waals surface area contributed by atoms with Crippen molar-refractivity contribution in [1.82, 2.24) is 128 Å². The molecule has 0 saturated carbocycles. The Labute approximate surface area is 863 Å². The summed E-state index contributed by atoms with van der Waals surface area (Å²) < 4.78 is 43.1. The molecule has 0 bridgehead atoms. The number of hydrogen-bond acceptors (Lipinski definition) is 28. The molecule has 150 heavy (non-hydrogen) atoms. The number of benzene rings is 5. The number of piperazine rings is 1. The Morgan fingerprint density at radius 2 is 0.787 bits per heavy atom. The number of hydrogen-bond donors (Lipinski definition) is 10. The lowest BCUT2D eigenvalue weighted by atomic mass is 10.1. The van der Waals surface area contributed by atoms with Crippen LogP contribution in [0.1, 0.15) is 99.8 Å². The highest BCUT2D eigenvalue weighted by molar-refractivity contribution is 6.19. The van der Waals surface area contributed by atoms with E-state index in [1.54, 1.807) is 67.9 Å². The molecule has 0 aliphatic carbocycles. The molecule has 2 atom stereocenters. The van der Waals surface area contributed by atoms with Crippen LogP contribution >= 0.6 is 0 Å². The number of rotatable bonds is 25. The molecule has 3 saturated heterocycles. The van der Waals surface area contributed by atoms with Gasteiger partial charge in [0.25, 0.3) is 29.5 Å². The fourth-order valence-electron chi connectivity index (χ4n) is 20.6. The van der Waals surface area contributed by atoms with Crippen LogP contribution in [-0.4, -0.2) is 324 Å². The molecular formula is C110H124F2N32O6. The highest BCUT2D eigenvalue weighted by atomic mass is 19.2. The third-order valence-corrected chi connectivity index (χ3v) is 28.1. The van der Waals surface area contributed by atoms with Crippen molar-refractivity contribution in [2.24, 2.45) is 0 Å². The van der Waals surface area contributed by atoms with Crippen LogP contribution in [0.4, 0.5) is 43.0 Å². The molecule has 3 aliphatic heterocycles. The van der Waals surface area contributed by atoms with E-state index in [-0.39, 0.29) is 53.2 Å². The number of pyridine rings is 9. The number of likely N-dealkylation sites (N-methyl/N-ethyl adjacent to an activating group) is 4. The van der Waals surface area contributed by atoms with Crippen LogP contribution in [0.25, 0.3) is 138 Å². The lowest BCUT2D eigenvalue weighted by molar-refractivity contribution is 0.0211. The molecule has 3 aliphatic rings. The van der Waals surface area contributed by atoms with E-state index in [2.05, 4.69) is 162 Å². The third-order valence-electron chi connectivity index (χ3n) is 28.1. The van der Waals surface area contributed by atoms with Crippen LogP contribution in [0.5, 0.6) is 0 Å². The summed E-state index contributed by atoms with van der Waals surface area (Å²) >= 11 is 0. The van der Waals surface area contributed by atoms with Gasteiger partial charge in [-0.3, -0.25) is 65.9 Å². The fourth-order valence-corrected chi connectivity index (χ4v) is 20.6. The molecule has 5 aromatic carbocycles. The second-order valence-electron chi connectivity index (χ2n) is 37.7. The molecule has 10 N–H and O–H groups in total. The Balaban J connectivity index is 0.000000118. The van der Waals surface area contributed by atoms with Gasteiger partial charge in [-0.15, -0.1) is 10.2 Å². The molecule has 18 heterocycles. The molecule has 5 amide bonds. The molecule has 40 heteroatoms. The van der Waals surface area contributed by atoms with Gasteiger partial charge in [0.05, 0.1) is 125 Å². The minimum absolute atomic E-state index is 0.000564. The molecule has 23 rings (SSSR count). The number of carbonyl (C=O) groups excluding carboxylic acids is 5. The summed E-state index contributed by atoms with van der Waals surface area (Å²) in [5, 5.41) is 45.2. The number of imidazole rings is 5. The van der Waals surface area contributed by atoms with Crippen molar-refractivity contribution in [1.29, 1.82) is 0 Å². The van der Waals surface area contributed by atoms with E-state index in [4.69, 9.17) is 29.8 Å². The molecule has 0 spiro atoms. The van der Waals surface area contributed by atoms with E-state index < -0.39 is 11.6 Å². The monoisotopic (exact) mass is 2030 g/mol. The van der Waals surface area contributed by atoms with Gasteiger partial charge in [0, 0.05) is 208 Å². The summed E-state index contributed by atoms with van der Waals surface area (Å²) in [4.78, 5) is 121. The zero-order chi connectivity index (χ0) is 105. The number of ether oxygens (including phenoxy) is 1. The summed E-state index contributed by atoms with van der Waals surface area (Å²) in [6.45, 7) is 26.6. The number of amides is 5.